The van der Waals surface area contributed by atoms with Crippen LogP contribution in [0.2, 0.25) is 0 Å². The fraction of sp³-hybridized carbons (Fsp3) is 0.300. The van der Waals surface area contributed by atoms with Gasteiger partial charge in [-0.1, -0.05) is 12.1 Å². The van der Waals surface area contributed by atoms with Gasteiger partial charge >= 0.3 is 0 Å². The zero-order valence-electron chi connectivity index (χ0n) is 15.3. The molecule has 140 valence electrons. The maximum Gasteiger partial charge on any atom is 0.232 e. The van der Waals surface area contributed by atoms with Crippen LogP contribution in [0.5, 0.6) is 11.5 Å². The van der Waals surface area contributed by atoms with Gasteiger partial charge in [0.05, 0.1) is 11.4 Å². The van der Waals surface area contributed by atoms with Crippen molar-refractivity contribution in [3.8, 4) is 11.5 Å². The minimum atomic E-state index is 0.0947. The smallest absolute Gasteiger partial charge is 0.232 e. The number of imidazole rings is 1. The highest BCUT2D eigenvalue weighted by Crippen LogP contribution is 2.32. The van der Waals surface area contributed by atoms with Gasteiger partial charge in [0.15, 0.2) is 11.5 Å². The van der Waals surface area contributed by atoms with E-state index in [1.165, 1.54) is 5.56 Å². The number of fused-ring (bicyclic) bond motifs is 2. The highest BCUT2D eigenvalue weighted by Gasteiger charge is 2.15. The van der Waals surface area contributed by atoms with Crippen LogP contribution in [0.1, 0.15) is 16.8 Å². The number of nitrogens with zero attached hydrogens (tertiary/aromatic N) is 3. The van der Waals surface area contributed by atoms with Crippen LogP contribution >= 0.6 is 11.8 Å². The molecule has 3 aromatic rings. The Morgan fingerprint density at radius 1 is 1.22 bits per heavy atom. The Labute approximate surface area is 162 Å². The molecule has 0 bridgehead atoms. The van der Waals surface area contributed by atoms with Crippen LogP contribution in [0, 0.1) is 6.92 Å². The van der Waals surface area contributed by atoms with Gasteiger partial charge in [-0.2, -0.15) is 0 Å². The lowest BCUT2D eigenvalue weighted by atomic mass is 10.2. The molecule has 4 rings (SSSR count). The van der Waals surface area contributed by atoms with Gasteiger partial charge in [0.25, 0.3) is 0 Å². The number of rotatable bonds is 6. The maximum absolute atomic E-state index is 12.4. The minimum Gasteiger partial charge on any atom is -0.454 e. The summed E-state index contributed by atoms with van der Waals surface area (Å²) in [5.41, 5.74) is 4.13. The quantitative estimate of drug-likeness (QED) is 0.654. The van der Waals surface area contributed by atoms with Crippen molar-refractivity contribution >= 4 is 23.3 Å². The molecule has 1 amide bonds. The van der Waals surface area contributed by atoms with Crippen LogP contribution < -0.4 is 9.47 Å². The third kappa shape index (κ3) is 4.03. The van der Waals surface area contributed by atoms with Crippen molar-refractivity contribution in [1.82, 2.24) is 14.3 Å². The minimum absolute atomic E-state index is 0.0947. The molecule has 0 spiro atoms. The summed E-state index contributed by atoms with van der Waals surface area (Å²) < 4.78 is 12.7. The van der Waals surface area contributed by atoms with Crippen LogP contribution in [-0.2, 0) is 17.1 Å². The Bertz CT molecular complexity index is 986. The molecule has 0 saturated carbocycles. The average molecular weight is 383 g/mol. The highest BCUT2D eigenvalue weighted by atomic mass is 32.2. The van der Waals surface area contributed by atoms with Gasteiger partial charge < -0.3 is 18.8 Å². The van der Waals surface area contributed by atoms with E-state index >= 15 is 0 Å². The second-order valence-electron chi connectivity index (χ2n) is 6.63. The third-order valence-corrected chi connectivity index (χ3v) is 5.36. The van der Waals surface area contributed by atoms with Gasteiger partial charge in [0, 0.05) is 31.7 Å². The number of aromatic nitrogens is 2. The fourth-order valence-electron chi connectivity index (χ4n) is 2.98. The number of ether oxygens (including phenoxy) is 2. The summed E-state index contributed by atoms with van der Waals surface area (Å²) in [5, 5.41) is 0. The van der Waals surface area contributed by atoms with E-state index in [-0.39, 0.29) is 12.7 Å². The Morgan fingerprint density at radius 3 is 2.96 bits per heavy atom. The predicted molar refractivity (Wildman–Crippen MR) is 105 cm³/mol. The topological polar surface area (TPSA) is 56.1 Å². The third-order valence-electron chi connectivity index (χ3n) is 4.41. The van der Waals surface area contributed by atoms with Crippen LogP contribution in [0.25, 0.3) is 5.65 Å². The second-order valence-corrected chi connectivity index (χ2v) is 7.62. The molecule has 6 nitrogen and oxygen atoms in total. The first-order chi connectivity index (χ1) is 13.1. The molecule has 1 aromatic carbocycles. The molecule has 1 aliphatic rings. The van der Waals surface area contributed by atoms with Gasteiger partial charge in [-0.15, -0.1) is 11.8 Å². The number of carbonyl (C=O) groups excluding carboxylic acids is 1. The highest BCUT2D eigenvalue weighted by molar-refractivity contribution is 7.99. The van der Waals surface area contributed by atoms with Crippen LogP contribution in [0.15, 0.2) is 42.7 Å². The Balaban J connectivity index is 1.29. The van der Waals surface area contributed by atoms with Gasteiger partial charge in [-0.05, 0) is 36.2 Å². The number of hydrogen-bond donors (Lipinski definition) is 0. The van der Waals surface area contributed by atoms with Crippen molar-refractivity contribution in [2.24, 2.45) is 0 Å². The molecule has 27 heavy (non-hydrogen) atoms. The summed E-state index contributed by atoms with van der Waals surface area (Å²) in [6, 6.07) is 9.83. The SMILES string of the molecule is Cc1ccc2nc(CSCC(=O)N(C)Cc3ccc4c(c3)OCO4)cn2c1. The molecule has 0 N–H and O–H groups in total. The molecule has 0 atom stereocenters. The van der Waals surface area contributed by atoms with E-state index < -0.39 is 0 Å². The van der Waals surface area contributed by atoms with Crippen LogP contribution in [-0.4, -0.2) is 39.8 Å². The summed E-state index contributed by atoms with van der Waals surface area (Å²) in [6.07, 6.45) is 4.08. The van der Waals surface area contributed by atoms with E-state index in [2.05, 4.69) is 18.1 Å². The van der Waals surface area contributed by atoms with Crippen molar-refractivity contribution < 1.29 is 14.3 Å². The van der Waals surface area contributed by atoms with E-state index in [1.807, 2.05) is 48.0 Å². The van der Waals surface area contributed by atoms with E-state index in [0.29, 0.717) is 18.1 Å². The predicted octanol–water partition coefficient (Wildman–Crippen LogP) is 3.26. The number of hydrogen-bond acceptors (Lipinski definition) is 5. The molecule has 2 aromatic heterocycles. The first kappa shape index (κ1) is 17.7. The average Bonchev–Trinajstić information content (AvgIpc) is 3.26. The van der Waals surface area contributed by atoms with Gasteiger partial charge in [-0.3, -0.25) is 4.79 Å². The van der Waals surface area contributed by atoms with E-state index in [0.717, 1.165) is 28.4 Å². The molecule has 0 saturated heterocycles. The second kappa shape index (κ2) is 7.52. The van der Waals surface area contributed by atoms with E-state index in [1.54, 1.807) is 16.7 Å². The standard InChI is InChI=1S/C20H21N3O3S/c1-14-3-6-19-21-16(10-23(19)8-14)11-27-12-20(24)22(2)9-15-4-5-17-18(7-15)26-13-25-17/h3-8,10H,9,11-13H2,1-2H3. The molecule has 1 aliphatic heterocycles. The maximum atomic E-state index is 12.4. The van der Waals surface area contributed by atoms with Gasteiger partial charge in [-0.25, -0.2) is 4.98 Å². The zero-order chi connectivity index (χ0) is 18.8. The summed E-state index contributed by atoms with van der Waals surface area (Å²) in [6.45, 7) is 2.86. The summed E-state index contributed by atoms with van der Waals surface area (Å²) in [7, 11) is 1.82. The molecule has 0 aliphatic carbocycles. The fourth-order valence-corrected chi connectivity index (χ4v) is 3.82. The molecule has 0 radical (unpaired) electrons. The summed E-state index contributed by atoms with van der Waals surface area (Å²) in [4.78, 5) is 18.7. The molecule has 7 heteroatoms. The van der Waals surface area contributed by atoms with Crippen molar-refractivity contribution in [3.05, 3.63) is 59.5 Å². The normalized spacial score (nSPS) is 12.5. The van der Waals surface area contributed by atoms with Gasteiger partial charge in [0.1, 0.15) is 5.65 Å². The number of benzene rings is 1. The lowest BCUT2D eigenvalue weighted by Gasteiger charge is -2.17. The largest absolute Gasteiger partial charge is 0.454 e. The monoisotopic (exact) mass is 383 g/mol. The summed E-state index contributed by atoms with van der Waals surface area (Å²) >= 11 is 1.58. The number of aryl methyl sites for hydroxylation is 1. The first-order valence-corrected chi connectivity index (χ1v) is 9.88. The number of carbonyl (C=O) groups is 1. The number of pyridine rings is 1. The van der Waals surface area contributed by atoms with Gasteiger partial charge in [0.2, 0.25) is 12.7 Å². The van der Waals surface area contributed by atoms with Crippen molar-refractivity contribution in [2.45, 2.75) is 19.2 Å². The van der Waals surface area contributed by atoms with Crippen LogP contribution in [0.3, 0.4) is 0 Å². The molecular formula is C20H21N3O3S. The van der Waals surface area contributed by atoms with E-state index in [9.17, 15) is 4.79 Å². The molecule has 0 unspecified atom stereocenters. The summed E-state index contributed by atoms with van der Waals surface area (Å²) in [5.74, 6) is 2.73. The van der Waals surface area contributed by atoms with E-state index in [4.69, 9.17) is 9.47 Å². The van der Waals surface area contributed by atoms with Crippen molar-refractivity contribution in [1.29, 1.82) is 0 Å². The van der Waals surface area contributed by atoms with Crippen molar-refractivity contribution in [3.63, 3.8) is 0 Å². The Kier molecular flexibility index (Phi) is 4.94. The lowest BCUT2D eigenvalue weighted by Crippen LogP contribution is -2.27. The van der Waals surface area contributed by atoms with Crippen LogP contribution in [0.4, 0.5) is 0 Å². The molecule has 0 fully saturated rings. The van der Waals surface area contributed by atoms with Crippen molar-refractivity contribution in [2.75, 3.05) is 19.6 Å². The Hall–Kier alpha value is -2.67. The number of amides is 1. The molecule has 3 heterocycles. The Morgan fingerprint density at radius 2 is 2.07 bits per heavy atom. The zero-order valence-corrected chi connectivity index (χ0v) is 16.2. The first-order valence-electron chi connectivity index (χ1n) is 8.73. The number of thioether (sulfide) groups is 1. The molecular weight excluding hydrogens is 362 g/mol. The lowest BCUT2D eigenvalue weighted by molar-refractivity contribution is -0.127.